The molecule has 2 heterocycles. The molecule has 1 aromatic heterocycles. The van der Waals surface area contributed by atoms with Crippen molar-refractivity contribution in [3.05, 3.63) is 11.6 Å². The molecule has 7 heteroatoms. The van der Waals surface area contributed by atoms with Gasteiger partial charge in [0.15, 0.2) is 9.84 Å². The number of hydrogen-bond acceptors (Lipinski definition) is 4. The first-order valence-electron chi connectivity index (χ1n) is 4.68. The Morgan fingerprint density at radius 1 is 1.53 bits per heavy atom. The van der Waals surface area contributed by atoms with Gasteiger partial charge in [-0.05, 0) is 6.42 Å². The van der Waals surface area contributed by atoms with E-state index in [4.69, 9.17) is 0 Å². The Labute approximate surface area is 96.9 Å². The van der Waals surface area contributed by atoms with E-state index in [0.717, 1.165) is 11.6 Å². The second-order valence-corrected chi connectivity index (χ2v) is 6.56. The highest BCUT2D eigenvalue weighted by Gasteiger charge is 2.32. The van der Waals surface area contributed by atoms with E-state index in [1.54, 1.807) is 0 Å². The predicted molar refractivity (Wildman–Crippen MR) is 59.6 cm³/mol. The normalized spacial score (nSPS) is 24.5. The summed E-state index contributed by atoms with van der Waals surface area (Å²) in [7, 11) is -0.979. The number of alkyl halides is 1. The molecule has 0 aliphatic carbocycles. The van der Waals surface area contributed by atoms with Gasteiger partial charge in [0, 0.05) is 13.0 Å². The minimum atomic E-state index is -2.85. The summed E-state index contributed by atoms with van der Waals surface area (Å²) in [6.45, 7) is 0. The van der Waals surface area contributed by atoms with Crippen molar-refractivity contribution in [2.45, 2.75) is 17.7 Å². The van der Waals surface area contributed by atoms with Gasteiger partial charge in [0.25, 0.3) is 0 Å². The SMILES string of the molecule is Cn1c(CBr)nnc1C1CCS(=O)(=O)C1. The number of aromatic nitrogens is 3. The number of rotatable bonds is 2. The van der Waals surface area contributed by atoms with Gasteiger partial charge in [0.1, 0.15) is 11.6 Å². The van der Waals surface area contributed by atoms with Gasteiger partial charge in [-0.1, -0.05) is 15.9 Å². The van der Waals surface area contributed by atoms with Gasteiger partial charge >= 0.3 is 0 Å². The number of nitrogens with zero attached hydrogens (tertiary/aromatic N) is 3. The van der Waals surface area contributed by atoms with E-state index < -0.39 is 9.84 Å². The fraction of sp³-hybridized carbons (Fsp3) is 0.750. The number of sulfone groups is 1. The van der Waals surface area contributed by atoms with Crippen molar-refractivity contribution in [2.24, 2.45) is 7.05 Å². The highest BCUT2D eigenvalue weighted by atomic mass is 79.9. The molecule has 1 saturated heterocycles. The Hall–Kier alpha value is -0.430. The van der Waals surface area contributed by atoms with Crippen LogP contribution in [0.1, 0.15) is 24.0 Å². The molecule has 1 aliphatic rings. The average Bonchev–Trinajstić information content (AvgIpc) is 2.69. The summed E-state index contributed by atoms with van der Waals surface area (Å²) < 4.78 is 24.5. The van der Waals surface area contributed by atoms with Gasteiger partial charge in [0.05, 0.1) is 16.8 Å². The van der Waals surface area contributed by atoms with E-state index in [-0.39, 0.29) is 17.4 Å². The Morgan fingerprint density at radius 2 is 2.27 bits per heavy atom. The van der Waals surface area contributed by atoms with Gasteiger partial charge < -0.3 is 4.57 Å². The van der Waals surface area contributed by atoms with Crippen LogP contribution in [0.3, 0.4) is 0 Å². The van der Waals surface area contributed by atoms with E-state index in [1.807, 2.05) is 11.6 Å². The summed E-state index contributed by atoms with van der Waals surface area (Å²) in [6, 6.07) is 0. The zero-order valence-corrected chi connectivity index (χ0v) is 10.8. The first-order chi connectivity index (χ1) is 7.03. The summed E-state index contributed by atoms with van der Waals surface area (Å²) in [6.07, 6.45) is 0.663. The third-order valence-corrected chi connectivity index (χ3v) is 4.99. The minimum Gasteiger partial charge on any atom is -0.317 e. The van der Waals surface area contributed by atoms with Crippen molar-refractivity contribution in [3.8, 4) is 0 Å². The summed E-state index contributed by atoms with van der Waals surface area (Å²) in [4.78, 5) is 0. The van der Waals surface area contributed by atoms with Crippen LogP contribution in [0.4, 0.5) is 0 Å². The molecule has 1 fully saturated rings. The molecule has 0 bridgehead atoms. The topological polar surface area (TPSA) is 64.8 Å². The maximum absolute atomic E-state index is 11.3. The molecule has 0 amide bonds. The Bertz CT molecular complexity index is 468. The monoisotopic (exact) mass is 293 g/mol. The summed E-state index contributed by atoms with van der Waals surface area (Å²) in [5.41, 5.74) is 0. The zero-order chi connectivity index (χ0) is 11.1. The highest BCUT2D eigenvalue weighted by molar-refractivity contribution is 9.08. The second-order valence-electron chi connectivity index (χ2n) is 3.77. The first-order valence-corrected chi connectivity index (χ1v) is 7.62. The van der Waals surface area contributed by atoms with Crippen molar-refractivity contribution >= 4 is 25.8 Å². The van der Waals surface area contributed by atoms with Crippen LogP contribution in [-0.2, 0) is 22.2 Å². The largest absolute Gasteiger partial charge is 0.317 e. The van der Waals surface area contributed by atoms with Gasteiger partial charge in [-0.25, -0.2) is 8.42 Å². The molecule has 15 heavy (non-hydrogen) atoms. The van der Waals surface area contributed by atoms with E-state index in [0.29, 0.717) is 11.8 Å². The van der Waals surface area contributed by atoms with Crippen molar-refractivity contribution < 1.29 is 8.42 Å². The molecule has 0 aromatic carbocycles. The van der Waals surface area contributed by atoms with Crippen molar-refractivity contribution in [1.29, 1.82) is 0 Å². The van der Waals surface area contributed by atoms with E-state index in [2.05, 4.69) is 26.1 Å². The standard InChI is InChI=1S/C8H12BrN3O2S/c1-12-7(4-9)10-11-8(12)6-2-3-15(13,14)5-6/h6H,2-5H2,1H3. The fourth-order valence-electron chi connectivity index (χ4n) is 1.85. The molecule has 5 nitrogen and oxygen atoms in total. The molecule has 1 aliphatic heterocycles. The Morgan fingerprint density at radius 3 is 2.73 bits per heavy atom. The van der Waals surface area contributed by atoms with Crippen molar-refractivity contribution in [1.82, 2.24) is 14.8 Å². The summed E-state index contributed by atoms with van der Waals surface area (Å²) in [5, 5.41) is 8.69. The molecule has 1 atom stereocenters. The van der Waals surface area contributed by atoms with E-state index in [9.17, 15) is 8.42 Å². The minimum absolute atomic E-state index is 0.0142. The zero-order valence-electron chi connectivity index (χ0n) is 8.35. The predicted octanol–water partition coefficient (Wildman–Crippen LogP) is 0.612. The van der Waals surface area contributed by atoms with Crippen LogP contribution in [0.15, 0.2) is 0 Å². The number of hydrogen-bond donors (Lipinski definition) is 0. The first kappa shape index (κ1) is 11.1. The van der Waals surface area contributed by atoms with Crippen LogP contribution in [-0.4, -0.2) is 34.7 Å². The van der Waals surface area contributed by atoms with Crippen LogP contribution in [0, 0.1) is 0 Å². The molecule has 1 aromatic rings. The lowest BCUT2D eigenvalue weighted by atomic mass is 10.1. The third kappa shape index (κ3) is 2.08. The molecule has 0 saturated carbocycles. The lowest BCUT2D eigenvalue weighted by molar-refractivity contribution is 0.600. The maximum Gasteiger partial charge on any atom is 0.151 e. The molecule has 1 unspecified atom stereocenters. The molecule has 2 rings (SSSR count). The summed E-state index contributed by atoms with van der Waals surface area (Å²) in [5.74, 6) is 2.11. The van der Waals surface area contributed by atoms with Crippen LogP contribution >= 0.6 is 15.9 Å². The fourth-order valence-corrected chi connectivity index (χ4v) is 4.07. The molecule has 84 valence electrons. The Kier molecular flexibility index (Phi) is 2.85. The lowest BCUT2D eigenvalue weighted by Crippen LogP contribution is -2.09. The summed E-state index contributed by atoms with van der Waals surface area (Å²) >= 11 is 3.31. The Balaban J connectivity index is 2.28. The molecule has 0 spiro atoms. The quantitative estimate of drug-likeness (QED) is 0.750. The van der Waals surface area contributed by atoms with E-state index >= 15 is 0 Å². The van der Waals surface area contributed by atoms with E-state index in [1.165, 1.54) is 0 Å². The van der Waals surface area contributed by atoms with Crippen LogP contribution in [0.5, 0.6) is 0 Å². The highest BCUT2D eigenvalue weighted by Crippen LogP contribution is 2.27. The van der Waals surface area contributed by atoms with Crippen molar-refractivity contribution in [2.75, 3.05) is 11.5 Å². The maximum atomic E-state index is 11.3. The van der Waals surface area contributed by atoms with Crippen molar-refractivity contribution in [3.63, 3.8) is 0 Å². The molecular formula is C8H12BrN3O2S. The van der Waals surface area contributed by atoms with Gasteiger partial charge in [0.2, 0.25) is 0 Å². The van der Waals surface area contributed by atoms with Crippen LogP contribution in [0.25, 0.3) is 0 Å². The number of halogens is 1. The third-order valence-electron chi connectivity index (χ3n) is 2.72. The van der Waals surface area contributed by atoms with Gasteiger partial charge in [-0.3, -0.25) is 0 Å². The van der Waals surface area contributed by atoms with Crippen LogP contribution < -0.4 is 0 Å². The molecule has 0 radical (unpaired) electrons. The smallest absolute Gasteiger partial charge is 0.151 e. The van der Waals surface area contributed by atoms with Gasteiger partial charge in [-0.2, -0.15) is 0 Å². The molecule has 0 N–H and O–H groups in total. The average molecular weight is 294 g/mol. The second kappa shape index (κ2) is 3.86. The lowest BCUT2D eigenvalue weighted by Gasteiger charge is -2.06. The van der Waals surface area contributed by atoms with Crippen LogP contribution in [0.2, 0.25) is 0 Å². The molecular weight excluding hydrogens is 282 g/mol. The van der Waals surface area contributed by atoms with Gasteiger partial charge in [-0.15, -0.1) is 10.2 Å².